The summed E-state index contributed by atoms with van der Waals surface area (Å²) in [7, 11) is 0. The third-order valence-corrected chi connectivity index (χ3v) is 4.55. The fraction of sp³-hybridized carbons (Fsp3) is 0.611. The first-order valence-electron chi connectivity index (χ1n) is 7.79. The zero-order valence-corrected chi connectivity index (χ0v) is 12.1. The number of rotatable bonds is 5. The van der Waals surface area contributed by atoms with Crippen molar-refractivity contribution in [3.8, 4) is 6.07 Å². The Bertz CT molecular complexity index is 404. The minimum absolute atomic E-state index is 0.532. The van der Waals surface area contributed by atoms with E-state index >= 15 is 0 Å². The van der Waals surface area contributed by atoms with Crippen LogP contribution in [0.15, 0.2) is 24.3 Å². The second kappa shape index (κ2) is 7.34. The van der Waals surface area contributed by atoms with E-state index in [0.29, 0.717) is 6.42 Å². The van der Waals surface area contributed by atoms with Crippen molar-refractivity contribution in [2.75, 3.05) is 0 Å². The van der Waals surface area contributed by atoms with Crippen molar-refractivity contribution in [1.82, 2.24) is 0 Å². The molecule has 0 atom stereocenters. The van der Waals surface area contributed by atoms with Crippen molar-refractivity contribution in [3.05, 3.63) is 35.4 Å². The van der Waals surface area contributed by atoms with Crippen LogP contribution < -0.4 is 0 Å². The molecule has 102 valence electrons. The highest BCUT2D eigenvalue weighted by atomic mass is 14.3. The lowest BCUT2D eigenvalue weighted by atomic mass is 9.77. The van der Waals surface area contributed by atoms with Gasteiger partial charge in [0, 0.05) is 0 Å². The van der Waals surface area contributed by atoms with Gasteiger partial charge in [-0.1, -0.05) is 50.5 Å². The molecule has 1 aromatic carbocycles. The molecule has 1 fully saturated rings. The van der Waals surface area contributed by atoms with Crippen molar-refractivity contribution >= 4 is 0 Å². The molecule has 0 spiro atoms. The van der Waals surface area contributed by atoms with Crippen molar-refractivity contribution < 1.29 is 0 Å². The van der Waals surface area contributed by atoms with Crippen LogP contribution in [0.2, 0.25) is 0 Å². The van der Waals surface area contributed by atoms with E-state index in [2.05, 4.69) is 37.3 Å². The van der Waals surface area contributed by atoms with Gasteiger partial charge in [0.2, 0.25) is 0 Å². The van der Waals surface area contributed by atoms with Crippen LogP contribution in [0.4, 0.5) is 0 Å². The maximum Gasteiger partial charge on any atom is 0.0669 e. The first-order chi connectivity index (χ1) is 9.33. The van der Waals surface area contributed by atoms with Crippen LogP contribution in [0.3, 0.4) is 0 Å². The lowest BCUT2D eigenvalue weighted by Crippen LogP contribution is -2.13. The molecule has 0 aliphatic heterocycles. The van der Waals surface area contributed by atoms with E-state index in [1.807, 2.05) is 0 Å². The first kappa shape index (κ1) is 14.1. The van der Waals surface area contributed by atoms with Gasteiger partial charge in [-0.2, -0.15) is 5.26 Å². The summed E-state index contributed by atoms with van der Waals surface area (Å²) in [6, 6.07) is 10.9. The molecule has 1 aromatic rings. The van der Waals surface area contributed by atoms with E-state index in [4.69, 9.17) is 5.26 Å². The van der Waals surface area contributed by atoms with E-state index in [-0.39, 0.29) is 0 Å². The molecule has 1 aliphatic rings. The summed E-state index contributed by atoms with van der Waals surface area (Å²) in [5, 5.41) is 8.69. The van der Waals surface area contributed by atoms with E-state index < -0.39 is 0 Å². The minimum atomic E-state index is 0.532. The highest BCUT2D eigenvalue weighted by molar-refractivity contribution is 5.27. The number of hydrogen-bond acceptors (Lipinski definition) is 1. The fourth-order valence-electron chi connectivity index (χ4n) is 3.28. The predicted octanol–water partition coefficient (Wildman–Crippen LogP) is 5.22. The smallest absolute Gasteiger partial charge is 0.0669 e. The van der Waals surface area contributed by atoms with Crippen LogP contribution in [0.25, 0.3) is 0 Å². The molecule has 1 aliphatic carbocycles. The van der Waals surface area contributed by atoms with Gasteiger partial charge in [-0.25, -0.2) is 0 Å². The first-order valence-corrected chi connectivity index (χ1v) is 7.79. The molecule has 1 heteroatoms. The van der Waals surface area contributed by atoms with Crippen molar-refractivity contribution in [1.29, 1.82) is 5.26 Å². The average molecular weight is 255 g/mol. The SMILES string of the molecule is CCCCC1CCC(c2ccc(CC#N)cc2)CC1. The third kappa shape index (κ3) is 4.10. The fourth-order valence-corrected chi connectivity index (χ4v) is 3.28. The van der Waals surface area contributed by atoms with E-state index in [1.165, 1.54) is 50.5 Å². The summed E-state index contributed by atoms with van der Waals surface area (Å²) in [6.07, 6.45) is 10.2. The Morgan fingerprint density at radius 3 is 2.37 bits per heavy atom. The molecule has 0 saturated heterocycles. The maximum absolute atomic E-state index is 8.69. The highest BCUT2D eigenvalue weighted by Crippen LogP contribution is 2.37. The topological polar surface area (TPSA) is 23.8 Å². The molecular formula is C18H25N. The Morgan fingerprint density at radius 2 is 1.79 bits per heavy atom. The standard InChI is InChI=1S/C18H25N/c1-2-3-4-15-5-9-17(10-6-15)18-11-7-16(8-12-18)13-14-19/h7-8,11-12,15,17H,2-6,9-10,13H2,1H3. The van der Waals surface area contributed by atoms with Crippen LogP contribution in [-0.2, 0) is 6.42 Å². The Kier molecular flexibility index (Phi) is 5.45. The van der Waals surface area contributed by atoms with Gasteiger partial charge in [0.05, 0.1) is 12.5 Å². The van der Waals surface area contributed by atoms with Gasteiger partial charge in [-0.05, 0) is 48.6 Å². The monoisotopic (exact) mass is 255 g/mol. The van der Waals surface area contributed by atoms with Gasteiger partial charge in [-0.15, -0.1) is 0 Å². The summed E-state index contributed by atoms with van der Waals surface area (Å²) in [4.78, 5) is 0. The molecule has 0 amide bonds. The number of unbranched alkanes of at least 4 members (excludes halogenated alkanes) is 1. The molecule has 0 unspecified atom stereocenters. The molecule has 0 radical (unpaired) electrons. The quantitative estimate of drug-likeness (QED) is 0.708. The Morgan fingerprint density at radius 1 is 1.11 bits per heavy atom. The molecule has 0 heterocycles. The lowest BCUT2D eigenvalue weighted by Gasteiger charge is -2.28. The molecular weight excluding hydrogens is 230 g/mol. The summed E-state index contributed by atoms with van der Waals surface area (Å²) < 4.78 is 0. The second-order valence-electron chi connectivity index (χ2n) is 5.94. The van der Waals surface area contributed by atoms with Crippen molar-refractivity contribution in [3.63, 3.8) is 0 Å². The largest absolute Gasteiger partial charge is 0.198 e. The van der Waals surface area contributed by atoms with E-state index in [1.54, 1.807) is 0 Å². The third-order valence-electron chi connectivity index (χ3n) is 4.55. The van der Waals surface area contributed by atoms with Gasteiger partial charge >= 0.3 is 0 Å². The molecule has 0 N–H and O–H groups in total. The number of hydrogen-bond donors (Lipinski definition) is 0. The number of nitrogens with zero attached hydrogens (tertiary/aromatic N) is 1. The molecule has 1 saturated carbocycles. The minimum Gasteiger partial charge on any atom is -0.198 e. The van der Waals surface area contributed by atoms with Crippen LogP contribution in [0, 0.1) is 17.2 Å². The van der Waals surface area contributed by atoms with Gasteiger partial charge in [-0.3, -0.25) is 0 Å². The van der Waals surface area contributed by atoms with Crippen molar-refractivity contribution in [2.45, 2.75) is 64.2 Å². The summed E-state index contributed by atoms with van der Waals surface area (Å²) >= 11 is 0. The summed E-state index contributed by atoms with van der Waals surface area (Å²) in [6.45, 7) is 2.29. The normalized spacial score (nSPS) is 22.9. The molecule has 2 rings (SSSR count). The predicted molar refractivity (Wildman–Crippen MR) is 80.0 cm³/mol. The lowest BCUT2D eigenvalue weighted by molar-refractivity contribution is 0.304. The number of benzene rings is 1. The van der Waals surface area contributed by atoms with Crippen LogP contribution in [0.5, 0.6) is 0 Å². The van der Waals surface area contributed by atoms with Crippen LogP contribution in [-0.4, -0.2) is 0 Å². The van der Waals surface area contributed by atoms with Gasteiger partial charge < -0.3 is 0 Å². The van der Waals surface area contributed by atoms with Gasteiger partial charge in [0.25, 0.3) is 0 Å². The van der Waals surface area contributed by atoms with Gasteiger partial charge in [0.15, 0.2) is 0 Å². The molecule has 0 bridgehead atoms. The zero-order valence-electron chi connectivity index (χ0n) is 12.1. The highest BCUT2D eigenvalue weighted by Gasteiger charge is 2.21. The Labute approximate surface area is 117 Å². The summed E-state index contributed by atoms with van der Waals surface area (Å²) in [5.41, 5.74) is 2.62. The van der Waals surface area contributed by atoms with Crippen LogP contribution >= 0.6 is 0 Å². The van der Waals surface area contributed by atoms with Crippen LogP contribution in [0.1, 0.15) is 68.9 Å². The molecule has 19 heavy (non-hydrogen) atoms. The van der Waals surface area contributed by atoms with Gasteiger partial charge in [0.1, 0.15) is 0 Å². The molecule has 0 aromatic heterocycles. The Balaban J connectivity index is 1.85. The van der Waals surface area contributed by atoms with E-state index in [9.17, 15) is 0 Å². The van der Waals surface area contributed by atoms with Crippen molar-refractivity contribution in [2.24, 2.45) is 5.92 Å². The second-order valence-corrected chi connectivity index (χ2v) is 5.94. The van der Waals surface area contributed by atoms with E-state index in [0.717, 1.165) is 17.4 Å². The Hall–Kier alpha value is -1.29. The zero-order chi connectivity index (χ0) is 13.5. The summed E-state index contributed by atoms with van der Waals surface area (Å²) in [5.74, 6) is 1.74. The average Bonchev–Trinajstić information content (AvgIpc) is 2.47. The number of nitriles is 1. The maximum atomic E-state index is 8.69. The molecule has 1 nitrogen and oxygen atoms in total.